The predicted octanol–water partition coefficient (Wildman–Crippen LogP) is 3.01. The molecule has 100 valence electrons. The van der Waals surface area contributed by atoms with Crippen LogP contribution >= 0.6 is 0 Å². The monoisotopic (exact) mass is 254 g/mol. The molecule has 0 radical (unpaired) electrons. The molecule has 1 aliphatic rings. The van der Waals surface area contributed by atoms with Crippen LogP contribution in [0.3, 0.4) is 0 Å². The van der Waals surface area contributed by atoms with Gasteiger partial charge in [0.2, 0.25) is 0 Å². The van der Waals surface area contributed by atoms with E-state index in [1.165, 1.54) is 12.0 Å². The van der Waals surface area contributed by atoms with Crippen molar-refractivity contribution in [1.82, 2.24) is 0 Å². The molecule has 0 spiro atoms. The van der Waals surface area contributed by atoms with Crippen LogP contribution in [0.4, 0.5) is 0 Å². The van der Waals surface area contributed by atoms with E-state index in [2.05, 4.69) is 54.9 Å². The Labute approximate surface area is 116 Å². The van der Waals surface area contributed by atoms with Crippen LogP contribution in [0.5, 0.6) is 0 Å². The third-order valence-corrected chi connectivity index (χ3v) is 3.68. The van der Waals surface area contributed by atoms with Crippen molar-refractivity contribution in [2.75, 3.05) is 0 Å². The third kappa shape index (κ3) is 4.22. The summed E-state index contributed by atoms with van der Waals surface area (Å²) in [6.45, 7) is 7.74. The Kier molecular flexibility index (Phi) is 5.17. The fourth-order valence-electron chi connectivity index (χ4n) is 2.88. The fourth-order valence-corrected chi connectivity index (χ4v) is 2.88. The van der Waals surface area contributed by atoms with Gasteiger partial charge in [0, 0.05) is 19.3 Å². The summed E-state index contributed by atoms with van der Waals surface area (Å²) in [7, 11) is 0. The maximum atomic E-state index is 3.88. The molecule has 0 saturated heterocycles. The maximum Gasteiger partial charge on any atom is 0.108 e. The summed E-state index contributed by atoms with van der Waals surface area (Å²) in [5.74, 6) is 0. The highest BCUT2D eigenvalue weighted by atomic mass is 15.0. The normalized spacial score (nSPS) is 22.6. The second-order valence-corrected chi connectivity index (χ2v) is 5.36. The smallest absolute Gasteiger partial charge is 0.108 e. The van der Waals surface area contributed by atoms with E-state index >= 15 is 0 Å². The van der Waals surface area contributed by atoms with Crippen LogP contribution in [0.15, 0.2) is 67.3 Å². The minimum atomic E-state index is 0.551. The highest BCUT2D eigenvalue weighted by Crippen LogP contribution is 2.18. The van der Waals surface area contributed by atoms with Gasteiger partial charge in [-0.05, 0) is 18.1 Å². The Morgan fingerprint density at radius 3 is 2.53 bits per heavy atom. The van der Waals surface area contributed by atoms with Gasteiger partial charge in [-0.1, -0.05) is 48.1 Å². The van der Waals surface area contributed by atoms with Gasteiger partial charge in [0.1, 0.15) is 6.04 Å². The van der Waals surface area contributed by atoms with Gasteiger partial charge in [0.15, 0.2) is 0 Å². The van der Waals surface area contributed by atoms with Crippen molar-refractivity contribution in [3.63, 3.8) is 0 Å². The minimum absolute atomic E-state index is 0.551. The second-order valence-electron chi connectivity index (χ2n) is 5.36. The highest BCUT2D eigenvalue weighted by molar-refractivity contribution is 5.23. The highest BCUT2D eigenvalue weighted by Gasteiger charge is 2.23. The van der Waals surface area contributed by atoms with Crippen molar-refractivity contribution in [3.8, 4) is 0 Å². The van der Waals surface area contributed by atoms with Crippen molar-refractivity contribution in [2.45, 2.75) is 37.8 Å². The van der Waals surface area contributed by atoms with Crippen LogP contribution in [0, 0.1) is 0 Å². The lowest BCUT2D eigenvalue weighted by Crippen LogP contribution is -2.95. The third-order valence-electron chi connectivity index (χ3n) is 3.68. The Balaban J connectivity index is 2.07. The van der Waals surface area contributed by atoms with E-state index in [-0.39, 0.29) is 0 Å². The number of hydrogen-bond acceptors (Lipinski definition) is 0. The minimum Gasteiger partial charge on any atom is -0.337 e. The molecule has 1 nitrogen and oxygen atoms in total. The lowest BCUT2D eigenvalue weighted by atomic mass is 9.90. The summed E-state index contributed by atoms with van der Waals surface area (Å²) in [4.78, 5) is 0. The fraction of sp³-hybridized carbons (Fsp3) is 0.333. The maximum absolute atomic E-state index is 3.88. The molecule has 1 aromatic carbocycles. The van der Waals surface area contributed by atoms with Gasteiger partial charge in [-0.3, -0.25) is 0 Å². The van der Waals surface area contributed by atoms with Crippen molar-refractivity contribution in [2.24, 2.45) is 0 Å². The van der Waals surface area contributed by atoms with Gasteiger partial charge in [-0.15, -0.1) is 13.2 Å². The number of hydrogen-bond donors (Lipinski definition) is 1. The average molecular weight is 254 g/mol. The number of rotatable bonds is 6. The van der Waals surface area contributed by atoms with Crippen molar-refractivity contribution >= 4 is 0 Å². The van der Waals surface area contributed by atoms with Crippen LogP contribution < -0.4 is 5.32 Å². The second kappa shape index (κ2) is 7.10. The predicted molar refractivity (Wildman–Crippen MR) is 82.0 cm³/mol. The van der Waals surface area contributed by atoms with E-state index in [4.69, 9.17) is 0 Å². The molecule has 0 bridgehead atoms. The summed E-state index contributed by atoms with van der Waals surface area (Å²) >= 11 is 0. The van der Waals surface area contributed by atoms with Crippen LogP contribution in [0.1, 0.15) is 24.8 Å². The van der Waals surface area contributed by atoms with Gasteiger partial charge in [-0.25, -0.2) is 0 Å². The summed E-state index contributed by atoms with van der Waals surface area (Å²) in [6.07, 6.45) is 10.9. The zero-order valence-electron chi connectivity index (χ0n) is 11.6. The van der Waals surface area contributed by atoms with E-state index in [0.29, 0.717) is 12.1 Å². The largest absolute Gasteiger partial charge is 0.337 e. The molecule has 0 aromatic heterocycles. The summed E-state index contributed by atoms with van der Waals surface area (Å²) in [5, 5.41) is 2.47. The van der Waals surface area contributed by atoms with Crippen LogP contribution in [0.25, 0.3) is 0 Å². The van der Waals surface area contributed by atoms with E-state index in [1.807, 2.05) is 12.2 Å². The zero-order chi connectivity index (χ0) is 13.5. The number of nitrogens with two attached hydrogens (primary N) is 1. The van der Waals surface area contributed by atoms with Gasteiger partial charge in [-0.2, -0.15) is 0 Å². The van der Waals surface area contributed by atoms with Gasteiger partial charge < -0.3 is 5.32 Å². The molecular weight excluding hydrogens is 230 g/mol. The first-order valence-electron chi connectivity index (χ1n) is 7.12. The zero-order valence-corrected chi connectivity index (χ0v) is 11.6. The first-order chi connectivity index (χ1) is 9.31. The lowest BCUT2D eigenvalue weighted by Gasteiger charge is -2.26. The topological polar surface area (TPSA) is 16.6 Å². The quantitative estimate of drug-likeness (QED) is 0.752. The molecule has 0 saturated carbocycles. The Morgan fingerprint density at radius 1 is 1.11 bits per heavy atom. The average Bonchev–Trinajstić information content (AvgIpc) is 2.40. The number of benzene rings is 1. The Morgan fingerprint density at radius 2 is 1.84 bits per heavy atom. The molecule has 2 N–H and O–H groups in total. The van der Waals surface area contributed by atoms with Gasteiger partial charge in [0.05, 0.1) is 6.04 Å². The van der Waals surface area contributed by atoms with E-state index < -0.39 is 0 Å². The molecule has 1 heterocycles. The molecule has 1 heteroatoms. The van der Waals surface area contributed by atoms with Crippen LogP contribution in [0.2, 0.25) is 0 Å². The molecule has 19 heavy (non-hydrogen) atoms. The van der Waals surface area contributed by atoms with Crippen LogP contribution in [-0.4, -0.2) is 12.1 Å². The van der Waals surface area contributed by atoms with E-state index in [0.717, 1.165) is 19.3 Å². The molecule has 0 aliphatic carbocycles. The summed E-state index contributed by atoms with van der Waals surface area (Å²) < 4.78 is 0. The lowest BCUT2D eigenvalue weighted by molar-refractivity contribution is -0.713. The first kappa shape index (κ1) is 13.8. The molecule has 0 amide bonds. The number of quaternary nitrogens is 1. The van der Waals surface area contributed by atoms with Crippen molar-refractivity contribution < 1.29 is 5.32 Å². The van der Waals surface area contributed by atoms with E-state index in [9.17, 15) is 0 Å². The van der Waals surface area contributed by atoms with E-state index in [1.54, 1.807) is 5.57 Å². The van der Waals surface area contributed by atoms with Gasteiger partial charge in [0.25, 0.3) is 0 Å². The van der Waals surface area contributed by atoms with Gasteiger partial charge >= 0.3 is 0 Å². The van der Waals surface area contributed by atoms with Crippen molar-refractivity contribution in [3.05, 3.63) is 72.9 Å². The SMILES string of the molecule is C=CC[C@H]1CC(Cc2ccccc2)=C[C@@H](CC=C)[NH2+]1. The Hall–Kier alpha value is -1.60. The van der Waals surface area contributed by atoms with Crippen LogP contribution in [-0.2, 0) is 6.42 Å². The molecule has 0 fully saturated rings. The molecule has 2 rings (SSSR count). The first-order valence-corrected chi connectivity index (χ1v) is 7.12. The molecule has 1 aromatic rings. The summed E-state index contributed by atoms with van der Waals surface area (Å²) in [5.41, 5.74) is 2.97. The van der Waals surface area contributed by atoms with Crippen molar-refractivity contribution in [1.29, 1.82) is 0 Å². The molecule has 0 unspecified atom stereocenters. The molecule has 1 aliphatic heterocycles. The summed E-state index contributed by atoms with van der Waals surface area (Å²) in [6, 6.07) is 11.9. The standard InChI is InChI=1S/C18H23N/c1-3-8-17-13-16(14-18(19-17)9-4-2)12-15-10-6-5-7-11-15/h3-7,10-11,13,17-19H,1-2,8-9,12,14H2/p+1/t17-,18+/m1/s1. The Bertz CT molecular complexity index is 444. The molecular formula is C18H24N+. The molecule has 2 atom stereocenters.